The molecule has 0 aliphatic carbocycles. The van der Waals surface area contributed by atoms with E-state index in [0.29, 0.717) is 47.9 Å². The molecule has 2 aliphatic heterocycles. The Balaban J connectivity index is 1.40. The van der Waals surface area contributed by atoms with Gasteiger partial charge in [0.25, 0.3) is 11.9 Å². The average Bonchev–Trinajstić information content (AvgIpc) is 3.56. The number of benzene rings is 2. The SMILES string of the molecule is COC[C@H]1CCCN1c1sc(C(F)(F)F)nc1C(=N)OC(=N)N[C@H]1N=C(c2ccccc2)c2ccccc2NC1=O. The van der Waals surface area contributed by atoms with Gasteiger partial charge in [-0.2, -0.15) is 13.2 Å². The van der Waals surface area contributed by atoms with Gasteiger partial charge in [0.2, 0.25) is 17.1 Å². The van der Waals surface area contributed by atoms with Crippen LogP contribution in [0.1, 0.15) is 34.7 Å². The number of nitrogens with one attached hydrogen (secondary N) is 4. The molecule has 0 unspecified atom stereocenters. The number of amides is 1. The van der Waals surface area contributed by atoms with E-state index in [4.69, 9.17) is 20.3 Å². The van der Waals surface area contributed by atoms with Gasteiger partial charge in [-0.05, 0) is 18.9 Å². The molecule has 1 saturated heterocycles. The van der Waals surface area contributed by atoms with E-state index in [1.807, 2.05) is 36.4 Å². The number of carbonyl (C=O) groups excluding carboxylic acids is 1. The molecule has 5 rings (SSSR count). The first-order valence-electron chi connectivity index (χ1n) is 12.6. The van der Waals surface area contributed by atoms with E-state index in [1.165, 1.54) is 7.11 Å². The number of alkyl halides is 3. The minimum absolute atomic E-state index is 0.113. The standard InChI is InChI=1S/C27H26F3N7O3S/c1-39-14-16-10-7-13-37(16)24-20(35-25(41-24)27(28,29)30)21(31)40-26(32)36-22-23(38)33-18-12-6-5-11-17(18)19(34-22)15-8-3-2-4-9-15/h2-6,8-9,11-12,16,22,31H,7,10,13-14H2,1H3,(H2,32,36)(H,33,38)/t16-,22-/m1/s1. The van der Waals surface area contributed by atoms with Crippen molar-refractivity contribution >= 4 is 45.6 Å². The Morgan fingerprint density at radius 1 is 1.17 bits per heavy atom. The number of hydrogen-bond acceptors (Lipinski definition) is 9. The molecule has 2 atom stereocenters. The summed E-state index contributed by atoms with van der Waals surface area (Å²) < 4.78 is 51.3. The molecule has 0 bridgehead atoms. The van der Waals surface area contributed by atoms with E-state index in [-0.39, 0.29) is 16.7 Å². The summed E-state index contributed by atoms with van der Waals surface area (Å²) in [6, 6.07) is 15.3. The topological polar surface area (TPSA) is 136 Å². The van der Waals surface area contributed by atoms with E-state index in [1.54, 1.807) is 23.1 Å². The molecule has 3 aromatic rings. The third-order valence-corrected chi connectivity index (χ3v) is 7.67. The molecule has 1 fully saturated rings. The number of aromatic nitrogens is 1. The van der Waals surface area contributed by atoms with E-state index >= 15 is 0 Å². The Kier molecular flexibility index (Phi) is 8.03. The summed E-state index contributed by atoms with van der Waals surface area (Å²) in [6.45, 7) is 0.758. The van der Waals surface area contributed by atoms with Crippen molar-refractivity contribution in [1.82, 2.24) is 10.3 Å². The number of nitrogens with zero attached hydrogens (tertiary/aromatic N) is 3. The molecule has 0 spiro atoms. The van der Waals surface area contributed by atoms with Gasteiger partial charge < -0.3 is 25.0 Å². The predicted octanol–water partition coefficient (Wildman–Crippen LogP) is 4.46. The second-order valence-electron chi connectivity index (χ2n) is 9.30. The number of benzodiazepines with no additional fused rings is 1. The van der Waals surface area contributed by atoms with Gasteiger partial charge in [0.1, 0.15) is 5.00 Å². The Hall–Kier alpha value is -4.30. The molecule has 2 aromatic carbocycles. The average molecular weight is 586 g/mol. The fourth-order valence-electron chi connectivity index (χ4n) is 4.73. The Bertz CT molecular complexity index is 1490. The van der Waals surface area contributed by atoms with Gasteiger partial charge in [-0.1, -0.05) is 59.9 Å². The quantitative estimate of drug-likeness (QED) is 0.249. The number of hydrogen-bond donors (Lipinski definition) is 4. The summed E-state index contributed by atoms with van der Waals surface area (Å²) >= 11 is 0.415. The van der Waals surface area contributed by atoms with Crippen LogP contribution in [0, 0.1) is 10.8 Å². The van der Waals surface area contributed by atoms with Crippen molar-refractivity contribution in [2.24, 2.45) is 4.99 Å². The minimum atomic E-state index is -4.73. The molecule has 0 radical (unpaired) electrons. The van der Waals surface area contributed by atoms with Gasteiger partial charge in [-0.15, -0.1) is 0 Å². The third-order valence-electron chi connectivity index (χ3n) is 6.53. The Morgan fingerprint density at radius 2 is 1.90 bits per heavy atom. The Morgan fingerprint density at radius 3 is 2.63 bits per heavy atom. The smallest absolute Gasteiger partial charge is 0.405 e. The lowest BCUT2D eigenvalue weighted by Crippen LogP contribution is -2.43. The first-order valence-corrected chi connectivity index (χ1v) is 13.5. The van der Waals surface area contributed by atoms with Crippen molar-refractivity contribution < 1.29 is 27.4 Å². The van der Waals surface area contributed by atoms with Crippen LogP contribution in [0.25, 0.3) is 0 Å². The zero-order valence-corrected chi connectivity index (χ0v) is 22.6. The van der Waals surface area contributed by atoms with Crippen LogP contribution in [0.5, 0.6) is 0 Å². The number of amidine groups is 1. The molecule has 14 heteroatoms. The fourth-order valence-corrected chi connectivity index (χ4v) is 5.76. The third kappa shape index (κ3) is 6.07. The first-order chi connectivity index (χ1) is 19.7. The predicted molar refractivity (Wildman–Crippen MR) is 149 cm³/mol. The monoisotopic (exact) mass is 585 g/mol. The van der Waals surface area contributed by atoms with Crippen molar-refractivity contribution in [1.29, 1.82) is 10.8 Å². The molecule has 1 aromatic heterocycles. The summed E-state index contributed by atoms with van der Waals surface area (Å²) in [5.74, 6) is -1.35. The lowest BCUT2D eigenvalue weighted by Gasteiger charge is -2.25. The molecule has 10 nitrogen and oxygen atoms in total. The van der Waals surface area contributed by atoms with Gasteiger partial charge >= 0.3 is 6.18 Å². The van der Waals surface area contributed by atoms with Gasteiger partial charge in [0.05, 0.1) is 24.0 Å². The first kappa shape index (κ1) is 28.2. The molecule has 0 saturated carbocycles. The maximum Gasteiger partial charge on any atom is 0.443 e. The van der Waals surface area contributed by atoms with Crippen LogP contribution in [0.15, 0.2) is 59.6 Å². The number of anilines is 2. The lowest BCUT2D eigenvalue weighted by atomic mass is 10.0. The van der Waals surface area contributed by atoms with Gasteiger partial charge in [-0.25, -0.2) is 9.98 Å². The van der Waals surface area contributed by atoms with Crippen LogP contribution in [0.3, 0.4) is 0 Å². The number of thiazole rings is 1. The van der Waals surface area contributed by atoms with Crippen molar-refractivity contribution in [3.8, 4) is 0 Å². The van der Waals surface area contributed by atoms with Gasteiger partial charge in [0.15, 0.2) is 5.69 Å². The van der Waals surface area contributed by atoms with Crippen molar-refractivity contribution in [3.05, 3.63) is 76.4 Å². The molecule has 4 N–H and O–H groups in total. The molecule has 3 heterocycles. The second kappa shape index (κ2) is 11.7. The summed E-state index contributed by atoms with van der Waals surface area (Å²) in [5, 5.41) is 21.0. The van der Waals surface area contributed by atoms with Crippen molar-refractivity contribution in [3.63, 3.8) is 0 Å². The highest BCUT2D eigenvalue weighted by atomic mass is 32.1. The minimum Gasteiger partial charge on any atom is -0.405 e. The van der Waals surface area contributed by atoms with E-state index in [2.05, 4.69) is 20.6 Å². The molecular formula is C27H26F3N7O3S. The highest BCUT2D eigenvalue weighted by Crippen LogP contribution is 2.41. The number of aliphatic imine (C=N–C) groups is 1. The fraction of sp³-hybridized carbons (Fsp3) is 0.296. The zero-order valence-electron chi connectivity index (χ0n) is 21.8. The number of halogens is 3. The Labute approximate surface area is 237 Å². The second-order valence-corrected chi connectivity index (χ2v) is 10.3. The number of para-hydroxylation sites is 1. The van der Waals surface area contributed by atoms with Crippen LogP contribution in [-0.4, -0.2) is 61.0 Å². The van der Waals surface area contributed by atoms with Crippen molar-refractivity contribution in [2.45, 2.75) is 31.2 Å². The number of fused-ring (bicyclic) bond motifs is 1. The number of methoxy groups -OCH3 is 1. The summed E-state index contributed by atoms with van der Waals surface area (Å²) in [5.41, 5.74) is 2.05. The number of rotatable bonds is 6. The molecule has 214 valence electrons. The van der Waals surface area contributed by atoms with E-state index < -0.39 is 35.2 Å². The summed E-state index contributed by atoms with van der Waals surface area (Å²) in [7, 11) is 1.51. The molecular weight excluding hydrogens is 559 g/mol. The maximum absolute atomic E-state index is 13.6. The van der Waals surface area contributed by atoms with Crippen LogP contribution >= 0.6 is 11.3 Å². The highest BCUT2D eigenvalue weighted by molar-refractivity contribution is 7.16. The van der Waals surface area contributed by atoms with Crippen LogP contribution in [-0.2, 0) is 20.4 Å². The normalized spacial score (nSPS) is 18.7. The number of ether oxygens (including phenoxy) is 2. The maximum atomic E-state index is 13.6. The lowest BCUT2D eigenvalue weighted by molar-refractivity contribution is -0.137. The molecule has 2 aliphatic rings. The van der Waals surface area contributed by atoms with Crippen molar-refractivity contribution in [2.75, 3.05) is 30.5 Å². The van der Waals surface area contributed by atoms with Crippen LogP contribution < -0.4 is 15.5 Å². The summed E-state index contributed by atoms with van der Waals surface area (Å²) in [6.07, 6.45) is -4.61. The highest BCUT2D eigenvalue weighted by Gasteiger charge is 2.40. The largest absolute Gasteiger partial charge is 0.443 e. The van der Waals surface area contributed by atoms with E-state index in [0.717, 1.165) is 12.0 Å². The van der Waals surface area contributed by atoms with E-state index in [9.17, 15) is 18.0 Å². The molecule has 1 amide bonds. The zero-order chi connectivity index (χ0) is 29.1. The van der Waals surface area contributed by atoms with Gasteiger partial charge in [0, 0.05) is 24.8 Å². The van der Waals surface area contributed by atoms with Crippen LogP contribution in [0.4, 0.5) is 23.9 Å². The number of carbonyl (C=O) groups is 1. The van der Waals surface area contributed by atoms with Gasteiger partial charge in [-0.3, -0.25) is 15.6 Å². The molecule has 41 heavy (non-hydrogen) atoms. The summed E-state index contributed by atoms with van der Waals surface area (Å²) in [4.78, 5) is 23.0. The van der Waals surface area contributed by atoms with Crippen LogP contribution in [0.2, 0.25) is 0 Å².